The van der Waals surface area contributed by atoms with E-state index < -0.39 is 33.9 Å². The standard InChI is InChI=1S/C17H21NO7S/c1-12(17(21)18(2)14-7-8-26(22,23)11-14)25-16(20)10-24-15-5-3-13(9-19)4-6-15/h3-6,9,12,14H,7-8,10-11H2,1-2H3/t12-,14+/m0/s1. The Kier molecular flexibility index (Phi) is 6.36. The molecule has 0 saturated carbocycles. The molecule has 2 atom stereocenters. The third-order valence-electron chi connectivity index (χ3n) is 4.13. The zero-order chi connectivity index (χ0) is 19.3. The summed E-state index contributed by atoms with van der Waals surface area (Å²) in [6.07, 6.45) is 0.0274. The normalized spacial score (nSPS) is 19.4. The number of carbonyl (C=O) groups excluding carboxylic acids is 3. The summed E-state index contributed by atoms with van der Waals surface area (Å²) >= 11 is 0. The predicted molar refractivity (Wildman–Crippen MR) is 92.7 cm³/mol. The molecule has 142 valence electrons. The van der Waals surface area contributed by atoms with Gasteiger partial charge in [-0.2, -0.15) is 0 Å². The summed E-state index contributed by atoms with van der Waals surface area (Å²) in [6.45, 7) is 1.04. The van der Waals surface area contributed by atoms with Gasteiger partial charge in [0.1, 0.15) is 12.0 Å². The third-order valence-corrected chi connectivity index (χ3v) is 5.88. The van der Waals surface area contributed by atoms with E-state index in [1.165, 1.54) is 18.9 Å². The van der Waals surface area contributed by atoms with E-state index in [4.69, 9.17) is 9.47 Å². The average molecular weight is 383 g/mol. The van der Waals surface area contributed by atoms with Crippen molar-refractivity contribution in [1.82, 2.24) is 4.90 Å². The van der Waals surface area contributed by atoms with Gasteiger partial charge in [-0.25, -0.2) is 13.2 Å². The van der Waals surface area contributed by atoms with Gasteiger partial charge < -0.3 is 14.4 Å². The first-order chi connectivity index (χ1) is 12.2. The number of nitrogens with zero attached hydrogens (tertiary/aromatic N) is 1. The molecular weight excluding hydrogens is 362 g/mol. The van der Waals surface area contributed by atoms with Crippen molar-refractivity contribution in [2.75, 3.05) is 25.2 Å². The highest BCUT2D eigenvalue weighted by Crippen LogP contribution is 2.18. The average Bonchev–Trinajstić information content (AvgIpc) is 2.98. The van der Waals surface area contributed by atoms with Crippen LogP contribution in [0, 0.1) is 0 Å². The van der Waals surface area contributed by atoms with Crippen LogP contribution in [0.4, 0.5) is 0 Å². The van der Waals surface area contributed by atoms with Gasteiger partial charge in [-0.1, -0.05) is 0 Å². The Hall–Kier alpha value is -2.42. The summed E-state index contributed by atoms with van der Waals surface area (Å²) in [5, 5.41) is 0. The van der Waals surface area contributed by atoms with Crippen LogP contribution >= 0.6 is 0 Å². The van der Waals surface area contributed by atoms with Gasteiger partial charge in [0.05, 0.1) is 11.5 Å². The van der Waals surface area contributed by atoms with Crippen molar-refractivity contribution in [2.45, 2.75) is 25.5 Å². The molecule has 2 rings (SSSR count). The van der Waals surface area contributed by atoms with Crippen molar-refractivity contribution in [3.63, 3.8) is 0 Å². The number of sulfone groups is 1. The number of likely N-dealkylation sites (N-methyl/N-ethyl adjacent to an activating group) is 1. The van der Waals surface area contributed by atoms with Crippen LogP contribution in [0.2, 0.25) is 0 Å². The Balaban J connectivity index is 1.81. The first-order valence-corrected chi connectivity index (χ1v) is 9.88. The van der Waals surface area contributed by atoms with Gasteiger partial charge in [0.2, 0.25) is 0 Å². The maximum absolute atomic E-state index is 12.3. The third kappa shape index (κ3) is 5.29. The zero-order valence-corrected chi connectivity index (χ0v) is 15.4. The highest BCUT2D eigenvalue weighted by molar-refractivity contribution is 7.91. The minimum Gasteiger partial charge on any atom is -0.482 e. The molecule has 0 spiro atoms. The van der Waals surface area contributed by atoms with Gasteiger partial charge in [0, 0.05) is 18.7 Å². The van der Waals surface area contributed by atoms with Crippen molar-refractivity contribution in [1.29, 1.82) is 0 Å². The molecule has 26 heavy (non-hydrogen) atoms. The summed E-state index contributed by atoms with van der Waals surface area (Å²) in [7, 11) is -1.61. The summed E-state index contributed by atoms with van der Waals surface area (Å²) in [5.74, 6) is -0.816. The van der Waals surface area contributed by atoms with Gasteiger partial charge >= 0.3 is 5.97 Å². The van der Waals surface area contributed by atoms with E-state index >= 15 is 0 Å². The maximum atomic E-state index is 12.3. The minimum absolute atomic E-state index is 0.0557. The molecule has 0 bridgehead atoms. The van der Waals surface area contributed by atoms with E-state index in [2.05, 4.69) is 0 Å². The maximum Gasteiger partial charge on any atom is 0.344 e. The summed E-state index contributed by atoms with van der Waals surface area (Å²) in [6, 6.07) is 5.77. The van der Waals surface area contributed by atoms with Crippen molar-refractivity contribution in [3.05, 3.63) is 29.8 Å². The Morgan fingerprint density at radius 3 is 2.50 bits per heavy atom. The fourth-order valence-corrected chi connectivity index (χ4v) is 4.39. The van der Waals surface area contributed by atoms with E-state index in [1.807, 2.05) is 0 Å². The Labute approximate surface area is 152 Å². The van der Waals surface area contributed by atoms with E-state index in [0.717, 1.165) is 0 Å². The SMILES string of the molecule is C[C@H](OC(=O)COc1ccc(C=O)cc1)C(=O)N(C)[C@@H]1CCS(=O)(=O)C1. The summed E-state index contributed by atoms with van der Waals surface area (Å²) in [5.41, 5.74) is 0.483. The lowest BCUT2D eigenvalue weighted by Gasteiger charge is -2.26. The number of amides is 1. The molecule has 8 nitrogen and oxygen atoms in total. The second-order valence-corrected chi connectivity index (χ2v) is 8.34. The van der Waals surface area contributed by atoms with E-state index in [-0.39, 0.29) is 18.1 Å². The predicted octanol–water partition coefficient (Wildman–Crippen LogP) is 0.455. The summed E-state index contributed by atoms with van der Waals surface area (Å²) < 4.78 is 33.3. The molecule has 1 amide bonds. The number of aldehydes is 1. The molecule has 0 aliphatic carbocycles. The van der Waals surface area contributed by atoms with Gasteiger partial charge in [-0.05, 0) is 37.6 Å². The van der Waals surface area contributed by atoms with Crippen molar-refractivity contribution >= 4 is 28.0 Å². The quantitative estimate of drug-likeness (QED) is 0.497. The van der Waals surface area contributed by atoms with Crippen LogP contribution in [0.25, 0.3) is 0 Å². The second kappa shape index (κ2) is 8.31. The van der Waals surface area contributed by atoms with Crippen LogP contribution in [0.5, 0.6) is 5.75 Å². The summed E-state index contributed by atoms with van der Waals surface area (Å²) in [4.78, 5) is 36.0. The second-order valence-electron chi connectivity index (χ2n) is 6.11. The number of hydrogen-bond donors (Lipinski definition) is 0. The molecule has 0 radical (unpaired) electrons. The fraction of sp³-hybridized carbons (Fsp3) is 0.471. The molecule has 1 fully saturated rings. The van der Waals surface area contributed by atoms with Gasteiger partial charge in [-0.15, -0.1) is 0 Å². The topological polar surface area (TPSA) is 107 Å². The first kappa shape index (κ1) is 19.9. The molecule has 1 aromatic carbocycles. The van der Waals surface area contributed by atoms with E-state index in [9.17, 15) is 22.8 Å². The van der Waals surface area contributed by atoms with Crippen LogP contribution in [-0.4, -0.2) is 68.8 Å². The van der Waals surface area contributed by atoms with E-state index in [0.29, 0.717) is 24.0 Å². The lowest BCUT2D eigenvalue weighted by atomic mass is 10.2. The molecule has 1 aromatic rings. The molecule has 9 heteroatoms. The highest BCUT2D eigenvalue weighted by Gasteiger charge is 2.34. The molecule has 1 aliphatic rings. The highest BCUT2D eigenvalue weighted by atomic mass is 32.2. The smallest absolute Gasteiger partial charge is 0.344 e. The molecule has 0 aromatic heterocycles. The fourth-order valence-electron chi connectivity index (χ4n) is 2.61. The lowest BCUT2D eigenvalue weighted by molar-refractivity contribution is -0.160. The number of carbonyl (C=O) groups is 3. The number of ether oxygens (including phenoxy) is 2. The molecule has 1 heterocycles. The van der Waals surface area contributed by atoms with Crippen LogP contribution in [0.1, 0.15) is 23.7 Å². The first-order valence-electron chi connectivity index (χ1n) is 8.06. The monoisotopic (exact) mass is 383 g/mol. The molecule has 1 aliphatic heterocycles. The minimum atomic E-state index is -3.11. The molecule has 0 unspecified atom stereocenters. The Morgan fingerprint density at radius 1 is 1.31 bits per heavy atom. The number of esters is 1. The molecule has 0 N–H and O–H groups in total. The Morgan fingerprint density at radius 2 is 1.96 bits per heavy atom. The van der Waals surface area contributed by atoms with Crippen LogP contribution in [0.3, 0.4) is 0 Å². The van der Waals surface area contributed by atoms with E-state index in [1.54, 1.807) is 24.3 Å². The molecule has 1 saturated heterocycles. The van der Waals surface area contributed by atoms with Crippen LogP contribution < -0.4 is 4.74 Å². The van der Waals surface area contributed by atoms with Gasteiger partial charge in [-0.3, -0.25) is 9.59 Å². The van der Waals surface area contributed by atoms with Crippen LogP contribution in [0.15, 0.2) is 24.3 Å². The van der Waals surface area contributed by atoms with Crippen LogP contribution in [-0.2, 0) is 24.2 Å². The Bertz CT molecular complexity index is 773. The van der Waals surface area contributed by atoms with Crippen molar-refractivity contribution < 1.29 is 32.3 Å². The van der Waals surface area contributed by atoms with Crippen molar-refractivity contribution in [2.24, 2.45) is 0 Å². The largest absolute Gasteiger partial charge is 0.482 e. The molecular formula is C17H21NO7S. The number of benzene rings is 1. The van der Waals surface area contributed by atoms with Crippen molar-refractivity contribution in [3.8, 4) is 5.75 Å². The lowest BCUT2D eigenvalue weighted by Crippen LogP contribution is -2.44. The number of hydrogen-bond acceptors (Lipinski definition) is 7. The zero-order valence-electron chi connectivity index (χ0n) is 14.6. The van der Waals surface area contributed by atoms with Gasteiger partial charge in [0.15, 0.2) is 22.5 Å². The number of rotatable bonds is 7. The van der Waals surface area contributed by atoms with Gasteiger partial charge in [0.25, 0.3) is 5.91 Å².